The molecule has 0 radical (unpaired) electrons. The van der Waals surface area contributed by atoms with Crippen LogP contribution in [0.4, 0.5) is 0 Å². The van der Waals surface area contributed by atoms with Gasteiger partial charge in [0.25, 0.3) is 5.91 Å². The van der Waals surface area contributed by atoms with Crippen LogP contribution >= 0.6 is 22.9 Å². The predicted octanol–water partition coefficient (Wildman–Crippen LogP) is 1.77. The van der Waals surface area contributed by atoms with E-state index in [9.17, 15) is 4.79 Å². The Bertz CT molecular complexity index is 638. The van der Waals surface area contributed by atoms with Gasteiger partial charge in [-0.3, -0.25) is 4.79 Å². The summed E-state index contributed by atoms with van der Waals surface area (Å²) < 4.78 is 3.85. The normalized spacial score (nSPS) is 21.6. The number of amides is 1. The first-order chi connectivity index (χ1) is 10.2. The number of nitrogens with one attached hydrogen (secondary N) is 3. The highest BCUT2D eigenvalue weighted by atomic mass is 32.1. The molecule has 0 saturated carbocycles. The molecule has 0 aromatic carbocycles. The van der Waals surface area contributed by atoms with Crippen LogP contribution in [0.1, 0.15) is 44.5 Å². The molecular formula is C13H17N5OS2. The topological polar surface area (TPSA) is 78.9 Å². The number of hydrogen-bond donors (Lipinski definition) is 3. The minimum absolute atomic E-state index is 0.0864. The Balaban J connectivity index is 1.61. The number of carbonyl (C=O) groups excluding carboxylic acids is 1. The molecule has 2 aromatic rings. The van der Waals surface area contributed by atoms with Crippen LogP contribution in [0, 0.1) is 6.92 Å². The summed E-state index contributed by atoms with van der Waals surface area (Å²) in [4.78, 5) is 15.4. The molecule has 21 heavy (non-hydrogen) atoms. The second-order valence-electron chi connectivity index (χ2n) is 4.95. The Labute approximate surface area is 131 Å². The van der Waals surface area contributed by atoms with E-state index in [4.69, 9.17) is 0 Å². The van der Waals surface area contributed by atoms with Gasteiger partial charge in [-0.15, -0.1) is 16.4 Å². The monoisotopic (exact) mass is 323 g/mol. The number of aromatic nitrogens is 2. The average Bonchev–Trinajstić information content (AvgIpc) is 3.17. The number of rotatable bonds is 4. The number of hydrogen-bond acceptors (Lipinski definition) is 7. The molecule has 0 aliphatic carbocycles. The summed E-state index contributed by atoms with van der Waals surface area (Å²) in [5.41, 5.74) is 7.12. The molecule has 2 unspecified atom stereocenters. The summed E-state index contributed by atoms with van der Waals surface area (Å²) in [6, 6.07) is 4.48. The highest BCUT2D eigenvalue weighted by Crippen LogP contribution is 2.27. The Morgan fingerprint density at radius 3 is 3.05 bits per heavy atom. The summed E-state index contributed by atoms with van der Waals surface area (Å²) in [6.45, 7) is 4.07. The largest absolute Gasteiger partial charge is 0.335 e. The summed E-state index contributed by atoms with van der Waals surface area (Å²) in [5.74, 6) is -0.107. The Morgan fingerprint density at radius 1 is 1.48 bits per heavy atom. The molecule has 0 bridgehead atoms. The number of nitrogens with zero attached hydrogens (tertiary/aromatic N) is 2. The fourth-order valence-corrected chi connectivity index (χ4v) is 3.91. The van der Waals surface area contributed by atoms with Crippen LogP contribution in [0.25, 0.3) is 0 Å². The van der Waals surface area contributed by atoms with Crippen molar-refractivity contribution < 1.29 is 4.79 Å². The molecular weight excluding hydrogens is 306 g/mol. The molecule has 1 aliphatic rings. The molecule has 1 fully saturated rings. The van der Waals surface area contributed by atoms with E-state index < -0.39 is 0 Å². The number of hydrazine groups is 1. The second kappa shape index (κ2) is 6.18. The van der Waals surface area contributed by atoms with Crippen molar-refractivity contribution in [2.45, 2.75) is 38.9 Å². The van der Waals surface area contributed by atoms with Crippen LogP contribution in [0.5, 0.6) is 0 Å². The zero-order valence-corrected chi connectivity index (χ0v) is 13.5. The predicted molar refractivity (Wildman–Crippen MR) is 83.2 cm³/mol. The molecule has 1 aliphatic heterocycles. The molecule has 3 heterocycles. The first-order valence-electron chi connectivity index (χ1n) is 6.87. The molecule has 8 heteroatoms. The summed E-state index contributed by atoms with van der Waals surface area (Å²) in [6.07, 6.45) is 1.45. The van der Waals surface area contributed by atoms with Crippen molar-refractivity contribution in [3.63, 3.8) is 0 Å². The highest BCUT2D eigenvalue weighted by molar-refractivity contribution is 7.12. The van der Waals surface area contributed by atoms with E-state index in [1.807, 2.05) is 6.92 Å². The lowest BCUT2D eigenvalue weighted by atomic mass is 10.1. The van der Waals surface area contributed by atoms with Gasteiger partial charge in [0.2, 0.25) is 0 Å². The maximum Gasteiger partial charge on any atom is 0.266 e. The van der Waals surface area contributed by atoms with E-state index in [2.05, 4.69) is 44.8 Å². The maximum atomic E-state index is 12.2. The van der Waals surface area contributed by atoms with Crippen molar-refractivity contribution >= 4 is 28.8 Å². The Kier molecular flexibility index (Phi) is 4.29. The molecule has 1 amide bonds. The van der Waals surface area contributed by atoms with Crippen molar-refractivity contribution in [3.8, 4) is 0 Å². The third-order valence-corrected chi connectivity index (χ3v) is 5.29. The van der Waals surface area contributed by atoms with E-state index in [1.54, 1.807) is 11.3 Å². The average molecular weight is 323 g/mol. The van der Waals surface area contributed by atoms with Crippen molar-refractivity contribution in [3.05, 3.63) is 32.5 Å². The van der Waals surface area contributed by atoms with Crippen LogP contribution in [0.15, 0.2) is 12.1 Å². The highest BCUT2D eigenvalue weighted by Gasteiger charge is 2.28. The third-order valence-electron chi connectivity index (χ3n) is 3.41. The molecule has 0 spiro atoms. The van der Waals surface area contributed by atoms with E-state index >= 15 is 0 Å². The smallest absolute Gasteiger partial charge is 0.266 e. The van der Waals surface area contributed by atoms with E-state index in [-0.39, 0.29) is 18.1 Å². The fraction of sp³-hybridized carbons (Fsp3) is 0.462. The minimum atomic E-state index is -0.107. The zero-order chi connectivity index (χ0) is 14.8. The van der Waals surface area contributed by atoms with Gasteiger partial charge in [0, 0.05) is 16.2 Å². The van der Waals surface area contributed by atoms with Crippen LogP contribution in [-0.4, -0.2) is 21.7 Å². The quantitative estimate of drug-likeness (QED) is 0.799. The van der Waals surface area contributed by atoms with Crippen molar-refractivity contribution in [1.82, 2.24) is 25.8 Å². The molecule has 1 saturated heterocycles. The van der Waals surface area contributed by atoms with Crippen LogP contribution in [-0.2, 0) is 6.42 Å². The molecule has 6 nitrogen and oxygen atoms in total. The minimum Gasteiger partial charge on any atom is -0.335 e. The van der Waals surface area contributed by atoms with Crippen molar-refractivity contribution in [2.75, 3.05) is 0 Å². The van der Waals surface area contributed by atoms with Gasteiger partial charge in [0.05, 0.1) is 17.9 Å². The maximum absolute atomic E-state index is 12.2. The first kappa shape index (κ1) is 14.6. The molecule has 3 rings (SSSR count). The van der Waals surface area contributed by atoms with Gasteiger partial charge >= 0.3 is 0 Å². The third kappa shape index (κ3) is 3.13. The first-order valence-corrected chi connectivity index (χ1v) is 8.46. The van der Waals surface area contributed by atoms with Crippen LogP contribution < -0.4 is 16.2 Å². The zero-order valence-electron chi connectivity index (χ0n) is 11.8. The molecule has 112 valence electrons. The number of carbonyl (C=O) groups is 1. The lowest BCUT2D eigenvalue weighted by Crippen LogP contribution is -2.44. The van der Waals surface area contributed by atoms with E-state index in [0.29, 0.717) is 11.3 Å². The standard InChI is InChI=1S/C13H17N5OS2/c1-3-8-12(21-18-16-8)13(19)14-11-6-9(15-17-11)10-5-4-7(2)20-10/h4-5,9,11,15,17H,3,6H2,1-2H3,(H,14,19). The number of thiophene rings is 1. The van der Waals surface area contributed by atoms with Gasteiger partial charge in [0.15, 0.2) is 0 Å². The second-order valence-corrected chi connectivity index (χ2v) is 7.03. The van der Waals surface area contributed by atoms with Gasteiger partial charge in [-0.25, -0.2) is 10.9 Å². The summed E-state index contributed by atoms with van der Waals surface area (Å²) in [7, 11) is 0. The summed E-state index contributed by atoms with van der Waals surface area (Å²) >= 11 is 2.92. The van der Waals surface area contributed by atoms with Crippen molar-refractivity contribution in [2.24, 2.45) is 0 Å². The molecule has 2 atom stereocenters. The van der Waals surface area contributed by atoms with Gasteiger partial charge in [-0.2, -0.15) is 0 Å². The van der Waals surface area contributed by atoms with Crippen LogP contribution in [0.3, 0.4) is 0 Å². The summed E-state index contributed by atoms with van der Waals surface area (Å²) in [5, 5.41) is 6.95. The van der Waals surface area contributed by atoms with E-state index in [1.165, 1.54) is 9.75 Å². The lowest BCUT2D eigenvalue weighted by Gasteiger charge is -2.11. The fourth-order valence-electron chi connectivity index (χ4n) is 2.31. The van der Waals surface area contributed by atoms with E-state index in [0.717, 1.165) is 23.6 Å². The van der Waals surface area contributed by atoms with Gasteiger partial charge in [-0.1, -0.05) is 11.4 Å². The van der Waals surface area contributed by atoms with Gasteiger partial charge in [-0.05, 0) is 37.0 Å². The molecule has 2 aromatic heterocycles. The van der Waals surface area contributed by atoms with Crippen LogP contribution in [0.2, 0.25) is 0 Å². The molecule has 3 N–H and O–H groups in total. The SMILES string of the molecule is CCc1nnsc1C(=O)NC1CC(c2ccc(C)s2)NN1. The lowest BCUT2D eigenvalue weighted by molar-refractivity contribution is 0.0935. The van der Waals surface area contributed by atoms with Gasteiger partial charge < -0.3 is 5.32 Å². The number of aryl methyl sites for hydroxylation is 2. The Morgan fingerprint density at radius 2 is 2.33 bits per heavy atom. The van der Waals surface area contributed by atoms with Gasteiger partial charge in [0.1, 0.15) is 4.88 Å². The van der Waals surface area contributed by atoms with Crippen molar-refractivity contribution in [1.29, 1.82) is 0 Å². The Hall–Kier alpha value is -1.35.